The van der Waals surface area contributed by atoms with E-state index >= 15 is 0 Å². The van der Waals surface area contributed by atoms with Crippen molar-refractivity contribution in [3.8, 4) is 0 Å². The lowest BCUT2D eigenvalue weighted by Crippen LogP contribution is -2.45. The molecule has 158 valence electrons. The van der Waals surface area contributed by atoms with Gasteiger partial charge < -0.3 is 4.90 Å². The molecule has 1 unspecified atom stereocenters. The number of rotatable bonds is 9. The second kappa shape index (κ2) is 9.49. The van der Waals surface area contributed by atoms with Crippen molar-refractivity contribution >= 4 is 27.3 Å². The van der Waals surface area contributed by atoms with Crippen LogP contribution >= 0.6 is 11.6 Å². The fourth-order valence-corrected chi connectivity index (χ4v) is 5.30. The molecule has 0 radical (unpaired) electrons. The van der Waals surface area contributed by atoms with Crippen molar-refractivity contribution in [3.63, 3.8) is 0 Å². The molecule has 8 nitrogen and oxygen atoms in total. The molecular weight excluding hydrogens is 404 g/mol. The lowest BCUT2D eigenvalue weighted by atomic mass is 10.2. The van der Waals surface area contributed by atoms with Crippen LogP contribution in [0.2, 0.25) is 5.02 Å². The third-order valence-electron chi connectivity index (χ3n) is 5.24. The molecule has 1 fully saturated rings. The lowest BCUT2D eigenvalue weighted by Gasteiger charge is -2.30. The molecule has 0 aromatic heterocycles. The highest BCUT2D eigenvalue weighted by molar-refractivity contribution is 7.89. The van der Waals surface area contributed by atoms with E-state index in [0.717, 1.165) is 32.0 Å². The summed E-state index contributed by atoms with van der Waals surface area (Å²) in [5, 5.41) is 11.4. The molecule has 1 atom stereocenters. The zero-order valence-electron chi connectivity index (χ0n) is 16.9. The Bertz CT molecular complexity index is 816. The van der Waals surface area contributed by atoms with Crippen molar-refractivity contribution in [1.82, 2.24) is 14.1 Å². The summed E-state index contributed by atoms with van der Waals surface area (Å²) in [5.41, 5.74) is -0.0203. The van der Waals surface area contributed by atoms with E-state index < -0.39 is 14.9 Å². The average molecular weight is 433 g/mol. The van der Waals surface area contributed by atoms with Crippen LogP contribution in [-0.2, 0) is 10.0 Å². The predicted molar refractivity (Wildman–Crippen MR) is 110 cm³/mol. The summed E-state index contributed by atoms with van der Waals surface area (Å²) < 4.78 is 28.2. The molecule has 10 heteroatoms. The number of likely N-dealkylation sites (N-methyl/N-ethyl adjacent to an activating group) is 2. The quantitative estimate of drug-likeness (QED) is 0.440. The molecule has 0 N–H and O–H groups in total. The van der Waals surface area contributed by atoms with Crippen molar-refractivity contribution < 1.29 is 13.3 Å². The summed E-state index contributed by atoms with van der Waals surface area (Å²) in [4.78, 5) is 14.8. The van der Waals surface area contributed by atoms with Gasteiger partial charge in [0.2, 0.25) is 10.0 Å². The second-order valence-electron chi connectivity index (χ2n) is 7.40. The maximum atomic E-state index is 13.4. The largest absolute Gasteiger partial charge is 0.308 e. The number of nitro groups is 1. The maximum Gasteiger partial charge on any atom is 0.275 e. The molecule has 0 amide bonds. The Labute approximate surface area is 172 Å². The van der Waals surface area contributed by atoms with E-state index in [1.165, 1.54) is 17.3 Å². The summed E-state index contributed by atoms with van der Waals surface area (Å²) >= 11 is 6.11. The van der Waals surface area contributed by atoms with Gasteiger partial charge in [0.1, 0.15) is 0 Å². The van der Waals surface area contributed by atoms with Gasteiger partial charge in [0, 0.05) is 37.3 Å². The topological polar surface area (TPSA) is 87.0 Å². The van der Waals surface area contributed by atoms with Gasteiger partial charge in [0.15, 0.2) is 0 Å². The Morgan fingerprint density at radius 3 is 2.57 bits per heavy atom. The van der Waals surface area contributed by atoms with Gasteiger partial charge in [-0.05, 0) is 53.0 Å². The van der Waals surface area contributed by atoms with Crippen LogP contribution in [0, 0.1) is 17.0 Å². The van der Waals surface area contributed by atoms with E-state index in [4.69, 9.17) is 11.6 Å². The van der Waals surface area contributed by atoms with Crippen LogP contribution < -0.4 is 0 Å². The Kier molecular flexibility index (Phi) is 7.81. The molecule has 0 bridgehead atoms. The average Bonchev–Trinajstić information content (AvgIpc) is 3.07. The fourth-order valence-electron chi connectivity index (χ4n) is 3.50. The molecule has 0 spiro atoms. The molecule has 1 aromatic carbocycles. The Hall–Kier alpha value is -1.26. The summed E-state index contributed by atoms with van der Waals surface area (Å²) in [6.45, 7) is 6.64. The highest BCUT2D eigenvalue weighted by Crippen LogP contribution is 2.31. The van der Waals surface area contributed by atoms with Gasteiger partial charge >= 0.3 is 0 Å². The molecule has 28 heavy (non-hydrogen) atoms. The fraction of sp³-hybridized carbons (Fsp3) is 0.667. The van der Waals surface area contributed by atoms with Gasteiger partial charge in [-0.3, -0.25) is 15.0 Å². The van der Waals surface area contributed by atoms with Crippen LogP contribution in [0.3, 0.4) is 0 Å². The van der Waals surface area contributed by atoms with E-state index in [0.29, 0.717) is 19.6 Å². The SMILES string of the molecule is CCN1CCCC1CN(CCN(C)C)S(=O)(=O)c1cc(Cl)c(C)c([N+](=O)[O-])c1. The molecular formula is C18H29ClN4O4S. The molecule has 0 saturated carbocycles. The van der Waals surface area contributed by atoms with E-state index in [-0.39, 0.29) is 27.2 Å². The van der Waals surface area contributed by atoms with Crippen LogP contribution in [0.15, 0.2) is 17.0 Å². The van der Waals surface area contributed by atoms with Gasteiger partial charge in [-0.15, -0.1) is 0 Å². The van der Waals surface area contributed by atoms with Gasteiger partial charge in [-0.25, -0.2) is 8.42 Å². The normalized spacial score (nSPS) is 18.3. The Morgan fingerprint density at radius 2 is 2.00 bits per heavy atom. The first kappa shape index (κ1) is 23.0. The van der Waals surface area contributed by atoms with Crippen molar-refractivity contribution in [2.24, 2.45) is 0 Å². The minimum Gasteiger partial charge on any atom is -0.308 e. The number of likely N-dealkylation sites (tertiary alicyclic amines) is 1. The van der Waals surface area contributed by atoms with Crippen LogP contribution in [0.5, 0.6) is 0 Å². The van der Waals surface area contributed by atoms with Gasteiger partial charge in [0.25, 0.3) is 5.69 Å². The second-order valence-corrected chi connectivity index (χ2v) is 9.74. The highest BCUT2D eigenvalue weighted by Gasteiger charge is 2.33. The van der Waals surface area contributed by atoms with Crippen molar-refractivity contribution in [1.29, 1.82) is 0 Å². The summed E-state index contributed by atoms with van der Waals surface area (Å²) in [6, 6.07) is 2.58. The van der Waals surface area contributed by atoms with E-state index in [9.17, 15) is 18.5 Å². The first-order valence-electron chi connectivity index (χ1n) is 9.41. The highest BCUT2D eigenvalue weighted by atomic mass is 35.5. The molecule has 1 aliphatic heterocycles. The van der Waals surface area contributed by atoms with Crippen molar-refractivity contribution in [2.45, 2.75) is 37.6 Å². The lowest BCUT2D eigenvalue weighted by molar-refractivity contribution is -0.385. The van der Waals surface area contributed by atoms with E-state index in [1.54, 1.807) is 0 Å². The number of nitrogens with zero attached hydrogens (tertiary/aromatic N) is 4. The minimum atomic E-state index is -3.92. The van der Waals surface area contributed by atoms with Gasteiger partial charge in [-0.2, -0.15) is 4.31 Å². The summed E-state index contributed by atoms with van der Waals surface area (Å²) in [5.74, 6) is 0. The number of sulfonamides is 1. The molecule has 0 aliphatic carbocycles. The molecule has 1 aliphatic rings. The predicted octanol–water partition coefficient (Wildman–Crippen LogP) is 2.59. The molecule has 1 saturated heterocycles. The zero-order chi connectivity index (χ0) is 21.1. The molecule has 1 heterocycles. The van der Waals surface area contributed by atoms with Gasteiger partial charge in [-0.1, -0.05) is 18.5 Å². The van der Waals surface area contributed by atoms with Crippen LogP contribution in [-0.4, -0.2) is 80.3 Å². The smallest absolute Gasteiger partial charge is 0.275 e. The summed E-state index contributed by atoms with van der Waals surface area (Å²) in [6.07, 6.45) is 1.98. The van der Waals surface area contributed by atoms with Crippen LogP contribution in [0.25, 0.3) is 0 Å². The first-order chi connectivity index (χ1) is 13.1. The molecule has 2 rings (SSSR count). The number of halogens is 1. The Morgan fingerprint density at radius 1 is 1.32 bits per heavy atom. The minimum absolute atomic E-state index is 0.0800. The third kappa shape index (κ3) is 5.21. The number of nitro benzene ring substituents is 1. The van der Waals surface area contributed by atoms with Crippen molar-refractivity contribution in [3.05, 3.63) is 32.8 Å². The monoisotopic (exact) mass is 432 g/mol. The van der Waals surface area contributed by atoms with Crippen LogP contribution in [0.4, 0.5) is 5.69 Å². The van der Waals surface area contributed by atoms with Crippen LogP contribution in [0.1, 0.15) is 25.3 Å². The van der Waals surface area contributed by atoms with Gasteiger partial charge in [0.05, 0.1) is 14.8 Å². The number of hydrogen-bond acceptors (Lipinski definition) is 6. The molecule has 1 aromatic rings. The van der Waals surface area contributed by atoms with E-state index in [1.807, 2.05) is 19.0 Å². The standard InChI is InChI=1S/C18H29ClN4O4S/c1-5-21-8-6-7-15(21)13-22(10-9-20(3)4)28(26,27)16-11-17(19)14(2)18(12-16)23(24)25/h11-12,15H,5-10,13H2,1-4H3. The zero-order valence-corrected chi connectivity index (χ0v) is 18.5. The Balaban J connectivity index is 2.41. The number of benzene rings is 1. The van der Waals surface area contributed by atoms with Crippen molar-refractivity contribution in [2.75, 3.05) is 46.8 Å². The summed E-state index contributed by atoms with van der Waals surface area (Å²) in [7, 11) is -0.158. The maximum absolute atomic E-state index is 13.4. The third-order valence-corrected chi connectivity index (χ3v) is 7.48. The first-order valence-corrected chi connectivity index (χ1v) is 11.2. The van der Waals surface area contributed by atoms with E-state index in [2.05, 4.69) is 11.8 Å². The number of hydrogen-bond donors (Lipinski definition) is 0.